The first-order chi connectivity index (χ1) is 12.4. The van der Waals surface area contributed by atoms with Crippen LogP contribution in [0.4, 0.5) is 22.7 Å². The Kier molecular flexibility index (Phi) is 7.08. The highest BCUT2D eigenvalue weighted by Gasteiger charge is 2.23. The first-order valence-electron chi connectivity index (χ1n) is 8.50. The molecule has 0 aliphatic rings. The lowest BCUT2D eigenvalue weighted by atomic mass is 10.0. The number of benzene rings is 2. The lowest BCUT2D eigenvalue weighted by molar-refractivity contribution is -0.00714. The normalized spacial score (nSPS) is 13.3. The Balaban J connectivity index is 2.11. The maximum Gasteiger partial charge on any atom is 0.0979 e. The van der Waals surface area contributed by atoms with Gasteiger partial charge in [-0.25, -0.2) is 0 Å². The molecule has 7 heteroatoms. The van der Waals surface area contributed by atoms with Crippen molar-refractivity contribution in [1.82, 2.24) is 0 Å². The molecule has 2 aromatic rings. The van der Waals surface area contributed by atoms with Gasteiger partial charge in [-0.1, -0.05) is 0 Å². The highest BCUT2D eigenvalue weighted by atomic mass is 16.5. The number of aliphatic hydroxyl groups excluding tert-OH is 2. The summed E-state index contributed by atoms with van der Waals surface area (Å²) < 4.78 is 5.49. The van der Waals surface area contributed by atoms with E-state index in [1.54, 1.807) is 37.4 Å². The lowest BCUT2D eigenvalue weighted by Crippen LogP contribution is -2.42. The fourth-order valence-electron chi connectivity index (χ4n) is 2.87. The SMILES string of the molecule is COC(Cc1cc(N)ccc1N)C(O)CN(CCO)c1ccc(N)cc1. The van der Waals surface area contributed by atoms with E-state index in [0.717, 1.165) is 11.3 Å². The van der Waals surface area contributed by atoms with E-state index in [4.69, 9.17) is 21.9 Å². The molecule has 2 unspecified atom stereocenters. The highest BCUT2D eigenvalue weighted by Crippen LogP contribution is 2.21. The summed E-state index contributed by atoms with van der Waals surface area (Å²) in [4.78, 5) is 1.89. The van der Waals surface area contributed by atoms with Crippen molar-refractivity contribution in [3.63, 3.8) is 0 Å². The molecule has 0 aliphatic heterocycles. The number of hydrogen-bond donors (Lipinski definition) is 5. The van der Waals surface area contributed by atoms with E-state index in [-0.39, 0.29) is 6.61 Å². The molecule has 8 N–H and O–H groups in total. The minimum Gasteiger partial charge on any atom is -0.399 e. The Hall–Kier alpha value is -2.48. The third-order valence-corrected chi connectivity index (χ3v) is 4.36. The molecular formula is C19H28N4O3. The van der Waals surface area contributed by atoms with Crippen LogP contribution in [0.15, 0.2) is 42.5 Å². The third kappa shape index (κ3) is 5.26. The highest BCUT2D eigenvalue weighted by molar-refractivity contribution is 5.56. The van der Waals surface area contributed by atoms with E-state index < -0.39 is 12.2 Å². The summed E-state index contributed by atoms with van der Waals surface area (Å²) >= 11 is 0. The second-order valence-corrected chi connectivity index (χ2v) is 6.27. The average molecular weight is 360 g/mol. The van der Waals surface area contributed by atoms with Crippen LogP contribution in [0.1, 0.15) is 5.56 Å². The topological polar surface area (TPSA) is 131 Å². The number of nitrogens with two attached hydrogens (primary N) is 3. The first kappa shape index (κ1) is 19.8. The molecule has 0 fully saturated rings. The number of methoxy groups -OCH3 is 1. The summed E-state index contributed by atoms with van der Waals surface area (Å²) in [6.45, 7) is 0.653. The fourth-order valence-corrected chi connectivity index (χ4v) is 2.87. The van der Waals surface area contributed by atoms with Gasteiger partial charge in [0.15, 0.2) is 0 Å². The number of hydrogen-bond acceptors (Lipinski definition) is 7. The van der Waals surface area contributed by atoms with Crippen LogP contribution in [0.25, 0.3) is 0 Å². The Morgan fingerprint density at radius 2 is 1.69 bits per heavy atom. The molecule has 0 saturated heterocycles. The van der Waals surface area contributed by atoms with Crippen molar-refractivity contribution in [3.8, 4) is 0 Å². The lowest BCUT2D eigenvalue weighted by Gasteiger charge is -2.30. The molecule has 0 heterocycles. The second kappa shape index (κ2) is 9.28. The molecule has 0 amide bonds. The van der Waals surface area contributed by atoms with Gasteiger partial charge in [-0.15, -0.1) is 0 Å². The Morgan fingerprint density at radius 1 is 1.04 bits per heavy atom. The van der Waals surface area contributed by atoms with Gasteiger partial charge in [0.05, 0.1) is 18.8 Å². The predicted octanol–water partition coefficient (Wildman–Crippen LogP) is 0.851. The maximum absolute atomic E-state index is 10.7. The Labute approximate surface area is 154 Å². The summed E-state index contributed by atoms with van der Waals surface area (Å²) in [5.74, 6) is 0. The standard InChI is InChI=1S/C19H28N4O3/c1-26-19(11-13-10-15(21)4-7-17(13)22)18(25)12-23(8-9-24)16-5-2-14(20)3-6-16/h2-7,10,18-19,24-25H,8-9,11-12,20-22H2,1H3. The molecule has 0 aliphatic carbocycles. The molecular weight excluding hydrogens is 332 g/mol. The van der Waals surface area contributed by atoms with E-state index in [9.17, 15) is 10.2 Å². The first-order valence-corrected chi connectivity index (χ1v) is 8.50. The van der Waals surface area contributed by atoms with Crippen molar-refractivity contribution >= 4 is 22.7 Å². The third-order valence-electron chi connectivity index (χ3n) is 4.36. The number of nitrogen functional groups attached to an aromatic ring is 3. The van der Waals surface area contributed by atoms with Crippen LogP contribution in [-0.2, 0) is 11.2 Å². The van der Waals surface area contributed by atoms with Gasteiger partial charge in [0.1, 0.15) is 0 Å². The van der Waals surface area contributed by atoms with Crippen molar-refractivity contribution in [2.45, 2.75) is 18.6 Å². The van der Waals surface area contributed by atoms with Crippen molar-refractivity contribution in [2.24, 2.45) is 0 Å². The number of aliphatic hydroxyl groups is 2. The van der Waals surface area contributed by atoms with E-state index >= 15 is 0 Å². The molecule has 2 atom stereocenters. The minimum absolute atomic E-state index is 0.0308. The van der Waals surface area contributed by atoms with Gasteiger partial charge in [0.25, 0.3) is 0 Å². The molecule has 2 rings (SSSR count). The smallest absolute Gasteiger partial charge is 0.0979 e. The van der Waals surface area contributed by atoms with Crippen LogP contribution >= 0.6 is 0 Å². The number of ether oxygens (including phenoxy) is 1. The van der Waals surface area contributed by atoms with E-state index in [1.807, 2.05) is 17.0 Å². The molecule has 7 nitrogen and oxygen atoms in total. The van der Waals surface area contributed by atoms with Crippen LogP contribution in [-0.4, -0.2) is 49.2 Å². The quantitative estimate of drug-likeness (QED) is 0.419. The zero-order chi connectivity index (χ0) is 19.1. The van der Waals surface area contributed by atoms with Gasteiger partial charge in [0, 0.05) is 49.4 Å². The van der Waals surface area contributed by atoms with Gasteiger partial charge in [0.2, 0.25) is 0 Å². The van der Waals surface area contributed by atoms with Crippen LogP contribution < -0.4 is 22.1 Å². The van der Waals surface area contributed by atoms with Gasteiger partial charge in [-0.3, -0.25) is 0 Å². The van der Waals surface area contributed by atoms with Gasteiger partial charge >= 0.3 is 0 Å². The summed E-state index contributed by atoms with van der Waals surface area (Å²) in [5.41, 5.74) is 21.1. The van der Waals surface area contributed by atoms with Crippen LogP contribution in [0.2, 0.25) is 0 Å². The van der Waals surface area contributed by atoms with E-state index in [2.05, 4.69) is 0 Å². The predicted molar refractivity (Wildman–Crippen MR) is 106 cm³/mol. The van der Waals surface area contributed by atoms with Crippen molar-refractivity contribution in [3.05, 3.63) is 48.0 Å². The molecule has 0 aromatic heterocycles. The minimum atomic E-state index is -0.787. The summed E-state index contributed by atoms with van der Waals surface area (Å²) in [7, 11) is 1.55. The van der Waals surface area contributed by atoms with Gasteiger partial charge in [-0.2, -0.15) is 0 Å². The van der Waals surface area contributed by atoms with E-state index in [0.29, 0.717) is 36.6 Å². The average Bonchev–Trinajstić information content (AvgIpc) is 2.62. The second-order valence-electron chi connectivity index (χ2n) is 6.27. The van der Waals surface area contributed by atoms with Crippen molar-refractivity contribution < 1.29 is 14.9 Å². The molecule has 2 aromatic carbocycles. The Morgan fingerprint density at radius 3 is 2.31 bits per heavy atom. The van der Waals surface area contributed by atoms with E-state index in [1.165, 1.54) is 0 Å². The molecule has 0 radical (unpaired) electrons. The van der Waals surface area contributed by atoms with Crippen molar-refractivity contribution in [1.29, 1.82) is 0 Å². The summed E-state index contributed by atoms with van der Waals surface area (Å²) in [6.07, 6.45) is -0.817. The zero-order valence-electron chi connectivity index (χ0n) is 15.0. The molecule has 0 bridgehead atoms. The molecule has 0 saturated carbocycles. The molecule has 26 heavy (non-hydrogen) atoms. The fraction of sp³-hybridized carbons (Fsp3) is 0.368. The van der Waals surface area contributed by atoms with Gasteiger partial charge < -0.3 is 37.1 Å². The number of rotatable bonds is 9. The largest absolute Gasteiger partial charge is 0.399 e. The zero-order valence-corrected chi connectivity index (χ0v) is 15.0. The maximum atomic E-state index is 10.7. The van der Waals surface area contributed by atoms with Crippen LogP contribution in [0.3, 0.4) is 0 Å². The number of anilines is 4. The monoisotopic (exact) mass is 360 g/mol. The van der Waals surface area contributed by atoms with Crippen LogP contribution in [0, 0.1) is 0 Å². The summed E-state index contributed by atoms with van der Waals surface area (Å²) in [6, 6.07) is 12.6. The number of nitrogens with zero attached hydrogens (tertiary/aromatic N) is 1. The molecule has 142 valence electrons. The summed E-state index contributed by atoms with van der Waals surface area (Å²) in [5, 5.41) is 20.1. The van der Waals surface area contributed by atoms with Crippen molar-refractivity contribution in [2.75, 3.05) is 48.9 Å². The molecule has 0 spiro atoms. The van der Waals surface area contributed by atoms with Gasteiger partial charge in [-0.05, 0) is 48.0 Å². The van der Waals surface area contributed by atoms with Crippen LogP contribution in [0.5, 0.6) is 0 Å². The Bertz CT molecular complexity index is 694.